The monoisotopic (exact) mass is 313 g/mol. The third-order valence-electron chi connectivity index (χ3n) is 3.77. The predicted molar refractivity (Wildman–Crippen MR) is 77.1 cm³/mol. The van der Waals surface area contributed by atoms with Crippen molar-refractivity contribution in [3.63, 3.8) is 0 Å². The Morgan fingerprint density at radius 2 is 2.14 bits per heavy atom. The highest BCUT2D eigenvalue weighted by molar-refractivity contribution is 7.89. The number of hydrogen-bond donors (Lipinski definition) is 2. The van der Waals surface area contributed by atoms with Gasteiger partial charge in [-0.25, -0.2) is 17.9 Å². The first-order valence-corrected chi connectivity index (χ1v) is 8.33. The lowest BCUT2D eigenvalue weighted by atomic mass is 9.83. The van der Waals surface area contributed by atoms with E-state index in [1.165, 1.54) is 25.7 Å². The Bertz CT molecular complexity index is 622. The van der Waals surface area contributed by atoms with Gasteiger partial charge in [0.25, 0.3) is 0 Å². The highest BCUT2D eigenvalue weighted by Crippen LogP contribution is 2.29. The Kier molecular flexibility index (Phi) is 4.84. The molecule has 2 rings (SSSR count). The van der Waals surface area contributed by atoms with Crippen LogP contribution in [0.15, 0.2) is 23.1 Å². The molecule has 0 spiro atoms. The summed E-state index contributed by atoms with van der Waals surface area (Å²) in [7, 11) is -2.43. The first kappa shape index (κ1) is 15.8. The summed E-state index contributed by atoms with van der Waals surface area (Å²) in [5.41, 5.74) is -0.0878. The molecule has 1 aromatic rings. The van der Waals surface area contributed by atoms with Crippen molar-refractivity contribution in [2.75, 3.05) is 13.7 Å². The normalized spacial score (nSPS) is 15.5. The number of sulfonamides is 1. The Hall–Kier alpha value is -1.60. The zero-order valence-electron chi connectivity index (χ0n) is 11.8. The summed E-state index contributed by atoms with van der Waals surface area (Å²) in [6.07, 6.45) is 4.32. The zero-order chi connectivity index (χ0) is 15.5. The number of ether oxygens (including phenoxy) is 1. The second-order valence-electron chi connectivity index (χ2n) is 5.15. The molecular formula is C14H19NO5S. The number of carboxylic acids is 1. The lowest BCUT2D eigenvalue weighted by molar-refractivity contribution is 0.0696. The fraction of sp³-hybridized carbons (Fsp3) is 0.500. The van der Waals surface area contributed by atoms with Crippen LogP contribution in [0.3, 0.4) is 0 Å². The van der Waals surface area contributed by atoms with E-state index in [1.807, 2.05) is 0 Å². The molecule has 21 heavy (non-hydrogen) atoms. The average Bonchev–Trinajstić information content (AvgIpc) is 2.40. The molecule has 0 saturated heterocycles. The van der Waals surface area contributed by atoms with Crippen molar-refractivity contribution in [1.29, 1.82) is 0 Å². The van der Waals surface area contributed by atoms with Gasteiger partial charge in [-0.05, 0) is 30.5 Å². The Balaban J connectivity index is 2.16. The van der Waals surface area contributed by atoms with Crippen LogP contribution in [0.2, 0.25) is 0 Å². The van der Waals surface area contributed by atoms with Crippen LogP contribution in [0.1, 0.15) is 36.0 Å². The van der Waals surface area contributed by atoms with Crippen LogP contribution < -0.4 is 9.46 Å². The maximum absolute atomic E-state index is 12.3. The van der Waals surface area contributed by atoms with Gasteiger partial charge in [-0.1, -0.05) is 19.3 Å². The molecule has 0 aromatic heterocycles. The van der Waals surface area contributed by atoms with E-state index in [-0.39, 0.29) is 16.2 Å². The second kappa shape index (κ2) is 6.44. The fourth-order valence-corrected chi connectivity index (χ4v) is 3.52. The van der Waals surface area contributed by atoms with Crippen LogP contribution in [0.4, 0.5) is 0 Å². The molecule has 0 amide bonds. The summed E-state index contributed by atoms with van der Waals surface area (Å²) in [5.74, 6) is -0.445. The highest BCUT2D eigenvalue weighted by Gasteiger charge is 2.23. The van der Waals surface area contributed by atoms with Crippen molar-refractivity contribution in [3.8, 4) is 5.75 Å². The van der Waals surface area contributed by atoms with Gasteiger partial charge in [-0.15, -0.1) is 0 Å². The molecule has 1 aliphatic carbocycles. The topological polar surface area (TPSA) is 92.7 Å². The van der Waals surface area contributed by atoms with Crippen LogP contribution in [-0.2, 0) is 10.0 Å². The summed E-state index contributed by atoms with van der Waals surface area (Å²) >= 11 is 0. The number of aromatic carboxylic acids is 1. The number of methoxy groups -OCH3 is 1. The smallest absolute Gasteiger partial charge is 0.335 e. The number of benzene rings is 1. The van der Waals surface area contributed by atoms with Crippen molar-refractivity contribution in [2.45, 2.75) is 30.6 Å². The lowest BCUT2D eigenvalue weighted by Gasteiger charge is -2.25. The van der Waals surface area contributed by atoms with E-state index in [0.717, 1.165) is 25.3 Å². The maximum Gasteiger partial charge on any atom is 0.335 e. The molecule has 1 saturated carbocycles. The third kappa shape index (κ3) is 3.74. The summed E-state index contributed by atoms with van der Waals surface area (Å²) in [6.45, 7) is 0.355. The van der Waals surface area contributed by atoms with Gasteiger partial charge < -0.3 is 9.84 Å². The van der Waals surface area contributed by atoms with Crippen LogP contribution in [0.25, 0.3) is 0 Å². The third-order valence-corrected chi connectivity index (χ3v) is 5.25. The average molecular weight is 313 g/mol. The molecule has 116 valence electrons. The Labute approximate surface area is 124 Å². The Morgan fingerprint density at radius 3 is 2.67 bits per heavy atom. The molecule has 1 aliphatic rings. The van der Waals surface area contributed by atoms with Crippen molar-refractivity contribution in [2.24, 2.45) is 5.92 Å². The number of carbonyl (C=O) groups is 1. The molecule has 0 atom stereocenters. The van der Waals surface area contributed by atoms with Gasteiger partial charge in [0.1, 0.15) is 10.6 Å². The van der Waals surface area contributed by atoms with Crippen molar-refractivity contribution < 1.29 is 23.1 Å². The standard InChI is InChI=1S/C14H19NO5S/c1-20-12-6-5-11(14(16)17)9-13(12)21(18,19)15-8-7-10-3-2-4-10/h5-6,9-10,15H,2-4,7-8H2,1H3,(H,16,17). The summed E-state index contributed by atoms with van der Waals surface area (Å²) in [5, 5.41) is 8.97. The lowest BCUT2D eigenvalue weighted by Crippen LogP contribution is -2.28. The zero-order valence-corrected chi connectivity index (χ0v) is 12.6. The number of carboxylic acid groups (broad SMARTS) is 1. The molecular weight excluding hydrogens is 294 g/mol. The van der Waals surface area contributed by atoms with Crippen molar-refractivity contribution in [1.82, 2.24) is 4.72 Å². The first-order valence-electron chi connectivity index (χ1n) is 6.85. The molecule has 0 heterocycles. The van der Waals surface area contributed by atoms with E-state index in [4.69, 9.17) is 9.84 Å². The number of rotatable bonds is 7. The Morgan fingerprint density at radius 1 is 1.43 bits per heavy atom. The van der Waals surface area contributed by atoms with Crippen molar-refractivity contribution >= 4 is 16.0 Å². The molecule has 0 radical (unpaired) electrons. The largest absolute Gasteiger partial charge is 0.495 e. The molecule has 1 fully saturated rings. The van der Waals surface area contributed by atoms with Crippen LogP contribution >= 0.6 is 0 Å². The molecule has 2 N–H and O–H groups in total. The second-order valence-corrected chi connectivity index (χ2v) is 6.89. The van der Waals surface area contributed by atoms with Gasteiger partial charge in [0, 0.05) is 6.54 Å². The van der Waals surface area contributed by atoms with Gasteiger partial charge in [0.15, 0.2) is 0 Å². The van der Waals surface area contributed by atoms with E-state index in [0.29, 0.717) is 12.5 Å². The van der Waals surface area contributed by atoms with Gasteiger partial charge >= 0.3 is 5.97 Å². The minimum atomic E-state index is -3.78. The van der Waals surface area contributed by atoms with E-state index in [1.54, 1.807) is 0 Å². The molecule has 0 unspecified atom stereocenters. The van der Waals surface area contributed by atoms with Crippen molar-refractivity contribution in [3.05, 3.63) is 23.8 Å². The van der Waals surface area contributed by atoms with E-state index in [2.05, 4.69) is 4.72 Å². The summed E-state index contributed by atoms with van der Waals surface area (Å²) in [6, 6.07) is 3.78. The van der Waals surface area contributed by atoms with Gasteiger partial charge in [0.2, 0.25) is 10.0 Å². The highest BCUT2D eigenvalue weighted by atomic mass is 32.2. The SMILES string of the molecule is COc1ccc(C(=O)O)cc1S(=O)(=O)NCCC1CCC1. The predicted octanol–water partition coefficient (Wildman–Crippen LogP) is 1.86. The van der Waals surface area contributed by atoms with Crippen LogP contribution in [-0.4, -0.2) is 33.1 Å². The fourth-order valence-electron chi connectivity index (χ4n) is 2.28. The minimum absolute atomic E-state index is 0.0878. The molecule has 7 heteroatoms. The number of nitrogens with one attached hydrogen (secondary N) is 1. The van der Waals surface area contributed by atoms with Gasteiger partial charge in [-0.3, -0.25) is 0 Å². The van der Waals surface area contributed by atoms with Crippen LogP contribution in [0.5, 0.6) is 5.75 Å². The van der Waals surface area contributed by atoms with Gasteiger partial charge in [0.05, 0.1) is 12.7 Å². The summed E-state index contributed by atoms with van der Waals surface area (Å²) in [4.78, 5) is 10.8. The van der Waals surface area contributed by atoms with Gasteiger partial charge in [-0.2, -0.15) is 0 Å². The van der Waals surface area contributed by atoms with Crippen LogP contribution in [0, 0.1) is 5.92 Å². The first-order chi connectivity index (χ1) is 9.94. The quantitative estimate of drug-likeness (QED) is 0.801. The van der Waals surface area contributed by atoms with E-state index in [9.17, 15) is 13.2 Å². The molecule has 0 bridgehead atoms. The maximum atomic E-state index is 12.3. The molecule has 0 aliphatic heterocycles. The molecule has 1 aromatic carbocycles. The van der Waals surface area contributed by atoms with E-state index < -0.39 is 16.0 Å². The summed E-state index contributed by atoms with van der Waals surface area (Å²) < 4.78 is 32.1. The molecule has 6 nitrogen and oxygen atoms in total. The number of hydrogen-bond acceptors (Lipinski definition) is 4. The minimum Gasteiger partial charge on any atom is -0.495 e. The van der Waals surface area contributed by atoms with E-state index >= 15 is 0 Å².